The maximum atomic E-state index is 11.9. The second-order valence-electron chi connectivity index (χ2n) is 6.50. The minimum atomic E-state index is -0.532. The molecule has 0 amide bonds. The van der Waals surface area contributed by atoms with Crippen LogP contribution >= 0.6 is 7.92 Å². The van der Waals surface area contributed by atoms with Gasteiger partial charge in [-0.05, 0) is 43.0 Å². The van der Waals surface area contributed by atoms with E-state index < -0.39 is 7.92 Å². The fourth-order valence-electron chi connectivity index (χ4n) is 4.03. The molecule has 2 aliphatic heterocycles. The Morgan fingerprint density at radius 3 is 2.09 bits per heavy atom. The molecule has 0 saturated carbocycles. The van der Waals surface area contributed by atoms with E-state index >= 15 is 0 Å². The third-order valence-electron chi connectivity index (χ3n) is 5.25. The summed E-state index contributed by atoms with van der Waals surface area (Å²) in [5.41, 5.74) is 5.18. The van der Waals surface area contributed by atoms with Crippen LogP contribution in [-0.2, 0) is 4.79 Å². The van der Waals surface area contributed by atoms with Gasteiger partial charge in [0, 0.05) is 10.7 Å². The van der Waals surface area contributed by atoms with Crippen molar-refractivity contribution >= 4 is 25.1 Å². The fraction of sp³-hybridized carbons (Fsp3) is 0.190. The van der Waals surface area contributed by atoms with E-state index in [1.54, 1.807) is 0 Å². The molecule has 1 nitrogen and oxygen atoms in total. The van der Waals surface area contributed by atoms with Crippen molar-refractivity contribution in [1.82, 2.24) is 0 Å². The van der Waals surface area contributed by atoms with E-state index in [9.17, 15) is 4.79 Å². The molecule has 0 unspecified atom stereocenters. The zero-order valence-electron chi connectivity index (χ0n) is 13.4. The zero-order valence-corrected chi connectivity index (χ0v) is 14.3. The van der Waals surface area contributed by atoms with E-state index in [0.717, 1.165) is 17.8 Å². The van der Waals surface area contributed by atoms with Crippen LogP contribution in [0.4, 0.5) is 0 Å². The van der Waals surface area contributed by atoms with Gasteiger partial charge in [-0.2, -0.15) is 0 Å². The minimum absolute atomic E-state index is 0.00548. The van der Waals surface area contributed by atoms with Gasteiger partial charge in [-0.15, -0.1) is 0 Å². The normalized spacial score (nSPS) is 26.1. The maximum absolute atomic E-state index is 11.9. The van der Waals surface area contributed by atoms with Crippen molar-refractivity contribution in [2.24, 2.45) is 5.41 Å². The molecule has 2 heteroatoms. The summed E-state index contributed by atoms with van der Waals surface area (Å²) in [6, 6.07) is 21.0. The van der Waals surface area contributed by atoms with Gasteiger partial charge in [0.2, 0.25) is 0 Å². The van der Waals surface area contributed by atoms with Gasteiger partial charge in [-0.3, -0.25) is 4.79 Å². The summed E-state index contributed by atoms with van der Waals surface area (Å²) in [5.74, 6) is 0. The lowest BCUT2D eigenvalue weighted by Crippen LogP contribution is -2.18. The number of hydrogen-bond acceptors (Lipinski definition) is 1. The van der Waals surface area contributed by atoms with Gasteiger partial charge >= 0.3 is 0 Å². The van der Waals surface area contributed by atoms with Crippen molar-refractivity contribution in [2.75, 3.05) is 6.16 Å². The first-order valence-electron chi connectivity index (χ1n) is 7.96. The molecule has 0 N–H and O–H groups in total. The molecule has 2 heterocycles. The molecule has 0 aromatic heterocycles. The zero-order chi connectivity index (χ0) is 16.0. The van der Waals surface area contributed by atoms with E-state index in [0.29, 0.717) is 0 Å². The Morgan fingerprint density at radius 1 is 0.957 bits per heavy atom. The van der Waals surface area contributed by atoms with Crippen LogP contribution in [0, 0.1) is 5.41 Å². The number of rotatable bonds is 3. The number of carbonyl (C=O) groups is 1. The standard InChI is InChI=1S/C21H19OP/c1-15-20(17-11-7-4-8-12-17)23-14-21(15,2)19(18(23)13-22)16-9-5-3-6-10-16/h3-13H,14H2,1-2H3/t21-,23-/m1/s1. The van der Waals surface area contributed by atoms with Gasteiger partial charge in [-0.25, -0.2) is 0 Å². The number of fused-ring (bicyclic) bond motifs is 2. The van der Waals surface area contributed by atoms with Crippen LogP contribution in [0.5, 0.6) is 0 Å². The topological polar surface area (TPSA) is 17.1 Å². The van der Waals surface area contributed by atoms with Crippen molar-refractivity contribution in [1.29, 1.82) is 0 Å². The lowest BCUT2D eigenvalue weighted by Gasteiger charge is -2.30. The smallest absolute Gasteiger partial charge is 0.151 e. The second-order valence-corrected chi connectivity index (χ2v) is 8.60. The highest BCUT2D eigenvalue weighted by Crippen LogP contribution is 2.77. The van der Waals surface area contributed by atoms with Crippen LogP contribution in [0.25, 0.3) is 10.9 Å². The van der Waals surface area contributed by atoms with E-state index in [2.05, 4.69) is 62.4 Å². The average molecular weight is 318 g/mol. The largest absolute Gasteiger partial charge is 0.298 e. The number of benzene rings is 2. The molecule has 0 saturated heterocycles. The quantitative estimate of drug-likeness (QED) is 0.536. The van der Waals surface area contributed by atoms with Gasteiger partial charge in [0.05, 0.1) is 0 Å². The van der Waals surface area contributed by atoms with Crippen molar-refractivity contribution < 1.29 is 4.79 Å². The molecule has 0 spiro atoms. The van der Waals surface area contributed by atoms with Gasteiger partial charge in [0.25, 0.3) is 0 Å². The average Bonchev–Trinajstić information content (AvgIpc) is 3.03. The number of carbonyl (C=O) groups excluding carboxylic acids is 1. The van der Waals surface area contributed by atoms with E-state index in [1.165, 1.54) is 27.6 Å². The van der Waals surface area contributed by atoms with Gasteiger partial charge in [-0.1, -0.05) is 73.2 Å². The van der Waals surface area contributed by atoms with E-state index in [4.69, 9.17) is 0 Å². The van der Waals surface area contributed by atoms with Crippen LogP contribution in [0.1, 0.15) is 25.0 Å². The molecular formula is C21H19OP. The Bertz CT molecular complexity index is 833. The number of hydrogen-bond donors (Lipinski definition) is 0. The van der Waals surface area contributed by atoms with Crippen molar-refractivity contribution in [3.8, 4) is 0 Å². The van der Waals surface area contributed by atoms with Crippen LogP contribution < -0.4 is 0 Å². The fourth-order valence-corrected chi connectivity index (χ4v) is 7.51. The van der Waals surface area contributed by atoms with Crippen molar-refractivity contribution in [3.05, 3.63) is 82.7 Å². The Balaban J connectivity index is 1.91. The van der Waals surface area contributed by atoms with Crippen molar-refractivity contribution in [3.63, 3.8) is 0 Å². The Morgan fingerprint density at radius 2 is 1.52 bits per heavy atom. The molecule has 2 aromatic carbocycles. The molecular weight excluding hydrogens is 299 g/mol. The minimum Gasteiger partial charge on any atom is -0.298 e. The van der Waals surface area contributed by atoms with Crippen LogP contribution in [-0.4, -0.2) is 12.4 Å². The summed E-state index contributed by atoms with van der Waals surface area (Å²) in [7, 11) is -0.532. The monoisotopic (exact) mass is 318 g/mol. The first kappa shape index (κ1) is 14.6. The van der Waals surface area contributed by atoms with Gasteiger partial charge in [0.1, 0.15) is 0 Å². The molecule has 2 aliphatic rings. The molecule has 114 valence electrons. The van der Waals surface area contributed by atoms with E-state index in [1.807, 2.05) is 12.1 Å². The molecule has 0 radical (unpaired) electrons. The molecule has 4 rings (SSSR count). The number of allylic oxidation sites excluding steroid dienone is 3. The first-order chi connectivity index (χ1) is 11.2. The predicted molar refractivity (Wildman–Crippen MR) is 98.4 cm³/mol. The Kier molecular flexibility index (Phi) is 3.36. The molecule has 2 atom stereocenters. The summed E-state index contributed by atoms with van der Waals surface area (Å²) in [6.07, 6.45) is 2.20. The van der Waals surface area contributed by atoms with Gasteiger partial charge in [0.15, 0.2) is 6.29 Å². The highest BCUT2D eigenvalue weighted by atomic mass is 31.1. The Hall–Kier alpha value is -1.98. The predicted octanol–water partition coefficient (Wildman–Crippen LogP) is 5.54. The van der Waals surface area contributed by atoms with Gasteiger partial charge < -0.3 is 0 Å². The third kappa shape index (κ3) is 2.00. The lowest BCUT2D eigenvalue weighted by atomic mass is 9.74. The highest BCUT2D eigenvalue weighted by molar-refractivity contribution is 7.74. The summed E-state index contributed by atoms with van der Waals surface area (Å²) < 4.78 is 0. The number of aldehydes is 1. The molecule has 0 aliphatic carbocycles. The van der Waals surface area contributed by atoms with Crippen molar-refractivity contribution in [2.45, 2.75) is 13.8 Å². The summed E-state index contributed by atoms with van der Waals surface area (Å²) in [4.78, 5) is 11.9. The summed E-state index contributed by atoms with van der Waals surface area (Å²) in [5, 5.41) is 2.46. The summed E-state index contributed by atoms with van der Waals surface area (Å²) >= 11 is 0. The molecule has 0 fully saturated rings. The molecule has 23 heavy (non-hydrogen) atoms. The first-order valence-corrected chi connectivity index (χ1v) is 9.49. The Labute approximate surface area is 138 Å². The highest BCUT2D eigenvalue weighted by Gasteiger charge is 2.51. The molecule has 2 aromatic rings. The maximum Gasteiger partial charge on any atom is 0.151 e. The molecule has 2 bridgehead atoms. The second kappa shape index (κ2) is 5.28. The van der Waals surface area contributed by atoms with Crippen LogP contribution in [0.3, 0.4) is 0 Å². The van der Waals surface area contributed by atoms with Crippen LogP contribution in [0.2, 0.25) is 0 Å². The SMILES string of the molecule is CC1=C(c2ccccc2)[P@]2C[C@@]1(C)C(c1ccccc1)=C2C=O. The van der Waals surface area contributed by atoms with Crippen LogP contribution in [0.15, 0.2) is 71.6 Å². The van der Waals surface area contributed by atoms with E-state index in [-0.39, 0.29) is 5.41 Å². The lowest BCUT2D eigenvalue weighted by molar-refractivity contribution is -0.104. The third-order valence-corrected chi connectivity index (χ3v) is 8.24. The summed E-state index contributed by atoms with van der Waals surface area (Å²) in [6.45, 7) is 4.57.